The summed E-state index contributed by atoms with van der Waals surface area (Å²) in [7, 11) is 0. The molecule has 5 nitrogen and oxygen atoms in total. The topological polar surface area (TPSA) is 58.6 Å². The number of benzene rings is 2. The second-order valence-electron chi connectivity index (χ2n) is 6.13. The molecule has 0 aliphatic carbocycles. The number of amides is 2. The maximum absolute atomic E-state index is 12.2. The van der Waals surface area contributed by atoms with E-state index in [-0.39, 0.29) is 11.8 Å². The molecule has 0 saturated carbocycles. The van der Waals surface area contributed by atoms with Gasteiger partial charge >= 0.3 is 0 Å². The average molecular weight is 338 g/mol. The third kappa shape index (κ3) is 4.38. The molecule has 1 heterocycles. The Morgan fingerprint density at radius 1 is 1.04 bits per heavy atom. The smallest absolute Gasteiger partial charge is 0.279 e. The van der Waals surface area contributed by atoms with Crippen LogP contribution in [0.1, 0.15) is 26.2 Å². The Kier molecular flexibility index (Phi) is 5.33. The largest absolute Gasteiger partial charge is 0.481 e. The van der Waals surface area contributed by atoms with Crippen LogP contribution >= 0.6 is 0 Å². The van der Waals surface area contributed by atoms with Crippen LogP contribution < -0.4 is 10.2 Å². The lowest BCUT2D eigenvalue weighted by Crippen LogP contribution is -2.51. The van der Waals surface area contributed by atoms with Crippen molar-refractivity contribution in [2.45, 2.75) is 32.3 Å². The highest BCUT2D eigenvalue weighted by Gasteiger charge is 2.23. The predicted molar refractivity (Wildman–Crippen MR) is 95.7 cm³/mol. The number of nitrogens with one attached hydrogen (secondary N) is 1. The van der Waals surface area contributed by atoms with Crippen molar-refractivity contribution in [2.24, 2.45) is 0 Å². The van der Waals surface area contributed by atoms with Gasteiger partial charge in [-0.05, 0) is 43.0 Å². The molecule has 1 atom stereocenters. The van der Waals surface area contributed by atoms with Gasteiger partial charge in [0, 0.05) is 13.0 Å². The third-order valence-corrected chi connectivity index (χ3v) is 4.21. The van der Waals surface area contributed by atoms with Gasteiger partial charge in [0.1, 0.15) is 5.75 Å². The number of hydrogen-bond donors (Lipinski definition) is 1. The van der Waals surface area contributed by atoms with Gasteiger partial charge in [0.2, 0.25) is 5.91 Å². The molecule has 1 aliphatic heterocycles. The van der Waals surface area contributed by atoms with E-state index < -0.39 is 6.10 Å². The van der Waals surface area contributed by atoms with Gasteiger partial charge < -0.3 is 4.74 Å². The molecule has 130 valence electrons. The molecule has 0 unspecified atom stereocenters. The fourth-order valence-electron chi connectivity index (χ4n) is 2.76. The molecule has 0 aromatic heterocycles. The molecule has 25 heavy (non-hydrogen) atoms. The van der Waals surface area contributed by atoms with E-state index in [2.05, 4.69) is 5.43 Å². The summed E-state index contributed by atoms with van der Waals surface area (Å²) in [6, 6.07) is 17.7. The highest BCUT2D eigenvalue weighted by Crippen LogP contribution is 2.22. The first-order valence-electron chi connectivity index (χ1n) is 8.56. The minimum atomic E-state index is -0.683. The van der Waals surface area contributed by atoms with Gasteiger partial charge in [0.05, 0.1) is 0 Å². The number of rotatable bonds is 5. The van der Waals surface area contributed by atoms with Gasteiger partial charge in [-0.25, -0.2) is 0 Å². The molecule has 0 radical (unpaired) electrons. The number of carbonyl (C=O) groups is 2. The minimum Gasteiger partial charge on any atom is -0.481 e. The molecule has 3 rings (SSSR count). The van der Waals surface area contributed by atoms with Crippen molar-refractivity contribution in [2.75, 3.05) is 6.54 Å². The average Bonchev–Trinajstić information content (AvgIpc) is 2.65. The van der Waals surface area contributed by atoms with Crippen molar-refractivity contribution >= 4 is 11.8 Å². The van der Waals surface area contributed by atoms with Gasteiger partial charge in [0.25, 0.3) is 5.91 Å². The maximum Gasteiger partial charge on any atom is 0.279 e. The van der Waals surface area contributed by atoms with E-state index in [9.17, 15) is 9.59 Å². The second kappa shape index (κ2) is 7.83. The van der Waals surface area contributed by atoms with Crippen LogP contribution in [-0.4, -0.2) is 29.5 Å². The molecule has 2 aromatic carbocycles. The number of hydrazine groups is 1. The Bertz CT molecular complexity index is 728. The summed E-state index contributed by atoms with van der Waals surface area (Å²) in [6.07, 6.45) is 1.58. The van der Waals surface area contributed by atoms with E-state index in [0.717, 1.165) is 24.0 Å². The standard InChI is InChI=1S/C20H22N2O3/c1-15(20(24)21-22-14-6-5-9-19(22)23)25-18-12-10-17(11-13-18)16-7-3-2-4-8-16/h2-4,7-8,10-13,15H,5-6,9,14H2,1H3,(H,21,24)/t15-/m1/s1. The second-order valence-corrected chi connectivity index (χ2v) is 6.13. The maximum atomic E-state index is 12.2. The van der Waals surface area contributed by atoms with Crippen LogP contribution in [0.3, 0.4) is 0 Å². The van der Waals surface area contributed by atoms with Gasteiger partial charge in [0.15, 0.2) is 6.10 Å². The number of ether oxygens (including phenoxy) is 1. The molecule has 2 aromatic rings. The van der Waals surface area contributed by atoms with Gasteiger partial charge in [-0.2, -0.15) is 0 Å². The monoisotopic (exact) mass is 338 g/mol. The molecule has 1 saturated heterocycles. The molecule has 1 fully saturated rings. The van der Waals surface area contributed by atoms with Crippen LogP contribution in [0.4, 0.5) is 0 Å². The molecule has 1 N–H and O–H groups in total. The van der Waals surface area contributed by atoms with Crippen molar-refractivity contribution in [1.82, 2.24) is 10.4 Å². The van der Waals surface area contributed by atoms with E-state index in [1.54, 1.807) is 6.92 Å². The first kappa shape index (κ1) is 17.0. The van der Waals surface area contributed by atoms with Gasteiger partial charge in [-0.3, -0.25) is 20.0 Å². The van der Waals surface area contributed by atoms with Crippen LogP contribution in [-0.2, 0) is 9.59 Å². The highest BCUT2D eigenvalue weighted by atomic mass is 16.5. The van der Waals surface area contributed by atoms with Crippen molar-refractivity contribution in [3.63, 3.8) is 0 Å². The van der Waals surface area contributed by atoms with E-state index >= 15 is 0 Å². The third-order valence-electron chi connectivity index (χ3n) is 4.21. The minimum absolute atomic E-state index is 0.0426. The van der Waals surface area contributed by atoms with Crippen LogP contribution in [0, 0.1) is 0 Å². The van der Waals surface area contributed by atoms with E-state index in [0.29, 0.717) is 18.7 Å². The number of piperidine rings is 1. The number of hydrogen-bond acceptors (Lipinski definition) is 3. The number of nitrogens with zero attached hydrogens (tertiary/aromatic N) is 1. The van der Waals surface area contributed by atoms with Crippen molar-refractivity contribution < 1.29 is 14.3 Å². The molecule has 0 spiro atoms. The van der Waals surface area contributed by atoms with Crippen LogP contribution in [0.2, 0.25) is 0 Å². The van der Waals surface area contributed by atoms with Crippen LogP contribution in [0.15, 0.2) is 54.6 Å². The Morgan fingerprint density at radius 3 is 2.40 bits per heavy atom. The summed E-state index contributed by atoms with van der Waals surface area (Å²) in [5, 5.41) is 1.39. The van der Waals surface area contributed by atoms with Crippen molar-refractivity contribution in [1.29, 1.82) is 0 Å². The molecule has 1 aliphatic rings. The summed E-state index contributed by atoms with van der Waals surface area (Å²) < 4.78 is 5.69. The van der Waals surface area contributed by atoms with Crippen LogP contribution in [0.25, 0.3) is 11.1 Å². The summed E-state index contributed by atoms with van der Waals surface area (Å²) in [4.78, 5) is 24.0. The Hall–Kier alpha value is -2.82. The summed E-state index contributed by atoms with van der Waals surface area (Å²) in [5.74, 6) is 0.258. The Morgan fingerprint density at radius 2 is 1.72 bits per heavy atom. The van der Waals surface area contributed by atoms with E-state index in [1.165, 1.54) is 5.01 Å². The zero-order valence-corrected chi connectivity index (χ0v) is 14.3. The fraction of sp³-hybridized carbons (Fsp3) is 0.300. The molecule has 0 bridgehead atoms. The highest BCUT2D eigenvalue weighted by molar-refractivity contribution is 5.85. The van der Waals surface area contributed by atoms with Gasteiger partial charge in [-0.1, -0.05) is 42.5 Å². The summed E-state index contributed by atoms with van der Waals surface area (Å²) >= 11 is 0. The first-order valence-corrected chi connectivity index (χ1v) is 8.56. The quantitative estimate of drug-likeness (QED) is 0.911. The van der Waals surface area contributed by atoms with Crippen molar-refractivity contribution in [3.05, 3.63) is 54.6 Å². The zero-order chi connectivity index (χ0) is 17.6. The molecular formula is C20H22N2O3. The molecule has 5 heteroatoms. The summed E-state index contributed by atoms with van der Waals surface area (Å²) in [5.41, 5.74) is 4.86. The Balaban J connectivity index is 1.58. The first-order chi connectivity index (χ1) is 12.1. The van der Waals surface area contributed by atoms with Gasteiger partial charge in [-0.15, -0.1) is 0 Å². The van der Waals surface area contributed by atoms with E-state index in [4.69, 9.17) is 4.74 Å². The lowest BCUT2D eigenvalue weighted by atomic mass is 10.1. The zero-order valence-electron chi connectivity index (χ0n) is 14.3. The lowest BCUT2D eigenvalue weighted by molar-refractivity contribution is -0.146. The van der Waals surface area contributed by atoms with Crippen molar-refractivity contribution in [3.8, 4) is 16.9 Å². The normalized spacial score (nSPS) is 15.6. The number of carbonyl (C=O) groups excluding carboxylic acids is 2. The lowest BCUT2D eigenvalue weighted by Gasteiger charge is -2.28. The SMILES string of the molecule is C[C@@H](Oc1ccc(-c2ccccc2)cc1)C(=O)NN1CCCCC1=O. The summed E-state index contributed by atoms with van der Waals surface area (Å²) in [6.45, 7) is 2.23. The Labute approximate surface area is 147 Å². The van der Waals surface area contributed by atoms with E-state index in [1.807, 2.05) is 54.6 Å². The fourth-order valence-corrected chi connectivity index (χ4v) is 2.76. The molecule has 2 amide bonds. The molecular weight excluding hydrogens is 316 g/mol. The van der Waals surface area contributed by atoms with Crippen LogP contribution in [0.5, 0.6) is 5.75 Å². The predicted octanol–water partition coefficient (Wildman–Crippen LogP) is 3.16.